The van der Waals surface area contributed by atoms with Crippen LogP contribution in [0.2, 0.25) is 0 Å². The molecule has 8 nitrogen and oxygen atoms in total. The number of benzene rings is 3. The normalized spacial score (nSPS) is 11.3. The van der Waals surface area contributed by atoms with Crippen LogP contribution < -0.4 is 4.18 Å². The largest absolute Gasteiger partial charge is 0.459 e. The third-order valence-corrected chi connectivity index (χ3v) is 6.45. The maximum Gasteiger partial charge on any atom is 0.340 e. The molecule has 0 atom stereocenters. The first-order valence-electron chi connectivity index (χ1n) is 11.5. The number of ether oxygens (including phenoxy) is 2. The highest BCUT2D eigenvalue weighted by Gasteiger charge is 2.25. The van der Waals surface area contributed by atoms with Gasteiger partial charge in [-0.1, -0.05) is 30.3 Å². The number of carbonyl (C=O) groups excluding carboxylic acids is 2. The average Bonchev–Trinajstić information content (AvgIpc) is 2.86. The Kier molecular flexibility index (Phi) is 9.37. The van der Waals surface area contributed by atoms with Gasteiger partial charge in [0, 0.05) is 25.8 Å². The number of hydrogen-bond acceptors (Lipinski definition) is 7. The summed E-state index contributed by atoms with van der Waals surface area (Å²) in [5.41, 5.74) is 0.765. The summed E-state index contributed by atoms with van der Waals surface area (Å²) < 4.78 is 55.0. The molecule has 0 unspecified atom stereocenters. The number of amides is 1. The summed E-state index contributed by atoms with van der Waals surface area (Å²) in [5.74, 6) is -1.63. The highest BCUT2D eigenvalue weighted by molar-refractivity contribution is 7.87. The lowest BCUT2D eigenvalue weighted by atomic mass is 10.1. The summed E-state index contributed by atoms with van der Waals surface area (Å²) in [7, 11) is -2.83. The van der Waals surface area contributed by atoms with E-state index in [0.717, 1.165) is 0 Å². The topological polar surface area (TPSA) is 99.2 Å². The van der Waals surface area contributed by atoms with E-state index in [2.05, 4.69) is 0 Å². The van der Waals surface area contributed by atoms with Crippen LogP contribution in [0.1, 0.15) is 40.1 Å². The van der Waals surface area contributed by atoms with E-state index in [1.54, 1.807) is 26.0 Å². The summed E-state index contributed by atoms with van der Waals surface area (Å²) in [5, 5.41) is 0. The second-order valence-corrected chi connectivity index (χ2v) is 9.88. The number of nitrogens with zero attached hydrogens (tertiary/aromatic N) is 1. The summed E-state index contributed by atoms with van der Waals surface area (Å²) in [6.07, 6.45) is -0.423. The maximum absolute atomic E-state index is 13.6. The Hall–Kier alpha value is -3.76. The number of methoxy groups -OCH3 is 1. The molecule has 0 bridgehead atoms. The summed E-state index contributed by atoms with van der Waals surface area (Å²) in [4.78, 5) is 26.5. The van der Waals surface area contributed by atoms with Crippen molar-refractivity contribution >= 4 is 22.0 Å². The number of carbonyl (C=O) groups is 2. The van der Waals surface area contributed by atoms with Gasteiger partial charge in [-0.05, 0) is 61.9 Å². The van der Waals surface area contributed by atoms with Gasteiger partial charge in [-0.3, -0.25) is 4.79 Å². The van der Waals surface area contributed by atoms with Crippen LogP contribution in [0.3, 0.4) is 0 Å². The van der Waals surface area contributed by atoms with Crippen molar-refractivity contribution in [1.29, 1.82) is 0 Å². The molecule has 3 rings (SSSR count). The van der Waals surface area contributed by atoms with Gasteiger partial charge in [0.2, 0.25) is 0 Å². The van der Waals surface area contributed by atoms with Gasteiger partial charge in [-0.25, -0.2) is 9.18 Å². The average molecular weight is 530 g/mol. The van der Waals surface area contributed by atoms with E-state index in [0.29, 0.717) is 5.56 Å². The van der Waals surface area contributed by atoms with Crippen molar-refractivity contribution in [2.24, 2.45) is 0 Å². The molecule has 0 aliphatic heterocycles. The van der Waals surface area contributed by atoms with Crippen LogP contribution in [-0.4, -0.2) is 51.6 Å². The van der Waals surface area contributed by atoms with Crippen LogP contribution in [0.15, 0.2) is 77.7 Å². The Morgan fingerprint density at radius 2 is 1.68 bits per heavy atom. The van der Waals surface area contributed by atoms with Crippen molar-refractivity contribution in [1.82, 2.24) is 4.90 Å². The fourth-order valence-corrected chi connectivity index (χ4v) is 4.55. The minimum atomic E-state index is -4.34. The molecule has 0 radical (unpaired) electrons. The van der Waals surface area contributed by atoms with E-state index >= 15 is 0 Å². The summed E-state index contributed by atoms with van der Waals surface area (Å²) in [6, 6.07) is 17.2. The number of halogens is 1. The lowest BCUT2D eigenvalue weighted by molar-refractivity contribution is 0.0372. The van der Waals surface area contributed by atoms with E-state index in [9.17, 15) is 22.4 Å². The monoisotopic (exact) mass is 529 g/mol. The van der Waals surface area contributed by atoms with Crippen molar-refractivity contribution in [2.75, 3.05) is 20.3 Å². The zero-order valence-corrected chi connectivity index (χ0v) is 21.5. The molecule has 10 heteroatoms. The van der Waals surface area contributed by atoms with E-state index in [-0.39, 0.29) is 47.4 Å². The fraction of sp³-hybridized carbons (Fsp3) is 0.259. The van der Waals surface area contributed by atoms with Gasteiger partial charge in [-0.15, -0.1) is 0 Å². The quantitative estimate of drug-likeness (QED) is 0.267. The van der Waals surface area contributed by atoms with Crippen molar-refractivity contribution in [3.8, 4) is 5.75 Å². The number of hydrogen-bond donors (Lipinski definition) is 0. The predicted octanol–water partition coefficient (Wildman–Crippen LogP) is 4.45. The first-order chi connectivity index (χ1) is 17.6. The third-order valence-electron chi connectivity index (χ3n) is 5.15. The van der Waals surface area contributed by atoms with Crippen LogP contribution in [-0.2, 0) is 26.1 Å². The molecule has 0 aliphatic carbocycles. The SMILES string of the molecule is COCCN(Cc1ccc(OS(=O)(=O)c2ccccc2C(=O)OC(C)C)cc1)C(=O)c1cccc(F)c1. The molecule has 0 heterocycles. The van der Waals surface area contributed by atoms with Crippen molar-refractivity contribution in [3.05, 3.63) is 95.3 Å². The van der Waals surface area contributed by atoms with Crippen LogP contribution in [0.4, 0.5) is 4.39 Å². The van der Waals surface area contributed by atoms with E-state index in [4.69, 9.17) is 13.7 Å². The molecule has 0 N–H and O–H groups in total. The minimum absolute atomic E-state index is 0.0238. The van der Waals surface area contributed by atoms with Gasteiger partial charge < -0.3 is 18.6 Å². The summed E-state index contributed by atoms with van der Waals surface area (Å²) >= 11 is 0. The molecular weight excluding hydrogens is 501 g/mol. The molecule has 0 aliphatic rings. The number of esters is 1. The molecular formula is C27H28FNO7S. The minimum Gasteiger partial charge on any atom is -0.459 e. The van der Waals surface area contributed by atoms with Crippen molar-refractivity contribution in [2.45, 2.75) is 31.4 Å². The third kappa shape index (κ3) is 7.61. The van der Waals surface area contributed by atoms with Crippen molar-refractivity contribution in [3.63, 3.8) is 0 Å². The Labute approximate surface area is 215 Å². The molecule has 3 aromatic carbocycles. The van der Waals surface area contributed by atoms with Gasteiger partial charge in [0.15, 0.2) is 0 Å². The molecule has 0 fully saturated rings. The Morgan fingerprint density at radius 3 is 2.32 bits per heavy atom. The van der Waals surface area contributed by atoms with Gasteiger partial charge in [0.25, 0.3) is 5.91 Å². The van der Waals surface area contributed by atoms with Crippen LogP contribution in [0.5, 0.6) is 5.75 Å². The molecule has 3 aromatic rings. The second-order valence-electron chi connectivity index (χ2n) is 8.36. The zero-order chi connectivity index (χ0) is 27.0. The van der Waals surface area contributed by atoms with Crippen LogP contribution in [0, 0.1) is 5.82 Å². The fourth-order valence-electron chi connectivity index (χ4n) is 3.43. The van der Waals surface area contributed by atoms with Crippen molar-refractivity contribution < 1.29 is 36.1 Å². The van der Waals surface area contributed by atoms with E-state index in [1.807, 2.05) is 0 Å². The number of rotatable bonds is 11. The highest BCUT2D eigenvalue weighted by atomic mass is 32.2. The molecule has 0 spiro atoms. The molecule has 0 saturated carbocycles. The van der Waals surface area contributed by atoms with Gasteiger partial charge in [0.05, 0.1) is 18.3 Å². The molecule has 37 heavy (non-hydrogen) atoms. The van der Waals surface area contributed by atoms with Gasteiger partial charge in [0.1, 0.15) is 16.5 Å². The van der Waals surface area contributed by atoms with E-state index in [1.165, 1.54) is 72.7 Å². The highest BCUT2D eigenvalue weighted by Crippen LogP contribution is 2.23. The predicted molar refractivity (Wildman–Crippen MR) is 134 cm³/mol. The second kappa shape index (κ2) is 12.5. The van der Waals surface area contributed by atoms with E-state index < -0.39 is 28.0 Å². The Balaban J connectivity index is 1.77. The maximum atomic E-state index is 13.6. The molecule has 1 amide bonds. The Morgan fingerprint density at radius 1 is 0.973 bits per heavy atom. The molecule has 196 valence electrons. The first-order valence-corrected chi connectivity index (χ1v) is 12.9. The smallest absolute Gasteiger partial charge is 0.340 e. The lowest BCUT2D eigenvalue weighted by Crippen LogP contribution is -2.33. The van der Waals surface area contributed by atoms with Crippen LogP contribution in [0.25, 0.3) is 0 Å². The molecule has 0 aromatic heterocycles. The van der Waals surface area contributed by atoms with Crippen LogP contribution >= 0.6 is 0 Å². The standard InChI is InChI=1S/C27H28FNO7S/c1-19(2)35-27(31)24-9-4-5-10-25(24)37(32,33)36-23-13-11-20(12-14-23)18-29(15-16-34-3)26(30)21-7-6-8-22(28)17-21/h4-14,17,19H,15-16,18H2,1-3H3. The lowest BCUT2D eigenvalue weighted by Gasteiger charge is -2.23. The van der Waals surface area contributed by atoms with Gasteiger partial charge >= 0.3 is 16.1 Å². The first kappa shape index (κ1) is 27.8. The zero-order valence-electron chi connectivity index (χ0n) is 20.7. The summed E-state index contributed by atoms with van der Waals surface area (Å²) in [6.45, 7) is 4.04. The Bertz CT molecular complexity index is 1340. The van der Waals surface area contributed by atoms with Gasteiger partial charge in [-0.2, -0.15) is 8.42 Å². The molecule has 0 saturated heterocycles.